The molecule has 1 rings (SSSR count). The van der Waals surface area contributed by atoms with Crippen molar-refractivity contribution < 1.29 is 27.9 Å². The first-order valence-corrected chi connectivity index (χ1v) is 4.72. The number of aromatic carboxylic acids is 1. The van der Waals surface area contributed by atoms with Crippen LogP contribution in [0, 0.1) is 0 Å². The Balaban J connectivity index is 2.58. The molecule has 2 N–H and O–H groups in total. The average molecular weight is 266 g/mol. The Morgan fingerprint density at radius 2 is 2.17 bits per heavy atom. The summed E-state index contributed by atoms with van der Waals surface area (Å²) < 4.78 is 36.7. The van der Waals surface area contributed by atoms with E-state index in [0.717, 1.165) is 10.9 Å². The molecule has 10 heteroatoms. The van der Waals surface area contributed by atoms with Gasteiger partial charge in [0.1, 0.15) is 0 Å². The number of rotatable bonds is 4. The number of alkyl halides is 3. The number of hydrogen-bond donors (Lipinski definition) is 2. The van der Waals surface area contributed by atoms with E-state index in [9.17, 15) is 22.8 Å². The lowest BCUT2D eigenvalue weighted by atomic mass is 10.3. The van der Waals surface area contributed by atoms with Crippen molar-refractivity contribution in [1.82, 2.24) is 20.3 Å². The van der Waals surface area contributed by atoms with Gasteiger partial charge in [0.15, 0.2) is 5.69 Å². The van der Waals surface area contributed by atoms with Gasteiger partial charge in [0, 0.05) is 6.54 Å². The summed E-state index contributed by atoms with van der Waals surface area (Å²) in [5.41, 5.74) is -0.330. The number of nitrogens with one attached hydrogen (secondary N) is 1. The number of aromatic nitrogens is 3. The molecule has 0 spiro atoms. The molecule has 7 nitrogen and oxygen atoms in total. The van der Waals surface area contributed by atoms with E-state index < -0.39 is 24.1 Å². The first-order valence-electron chi connectivity index (χ1n) is 4.72. The van der Waals surface area contributed by atoms with Gasteiger partial charge in [-0.15, -0.1) is 5.10 Å². The van der Waals surface area contributed by atoms with Crippen LogP contribution in [-0.4, -0.2) is 44.7 Å². The monoisotopic (exact) mass is 266 g/mol. The molecule has 100 valence electrons. The normalized spacial score (nSPS) is 13.1. The summed E-state index contributed by atoms with van der Waals surface area (Å²) in [6, 6.07) is -0.656. The van der Waals surface area contributed by atoms with Crippen LogP contribution < -0.4 is 5.32 Å². The molecule has 0 saturated carbocycles. The fraction of sp³-hybridized carbons (Fsp3) is 0.500. The van der Waals surface area contributed by atoms with Gasteiger partial charge in [-0.05, 0) is 6.92 Å². The zero-order chi connectivity index (χ0) is 13.9. The molecular formula is C8H9F3N4O3. The maximum absolute atomic E-state index is 11.9. The molecule has 1 aromatic heterocycles. The summed E-state index contributed by atoms with van der Waals surface area (Å²) in [6.45, 7) is 1.11. The highest BCUT2D eigenvalue weighted by atomic mass is 19.4. The predicted octanol–water partition coefficient (Wildman–Crippen LogP) is 0.216. The molecule has 0 saturated heterocycles. The zero-order valence-electron chi connectivity index (χ0n) is 9.10. The fourth-order valence-corrected chi connectivity index (χ4v) is 1.02. The molecule has 0 unspecified atom stereocenters. The lowest BCUT2D eigenvalue weighted by Gasteiger charge is -2.13. The average Bonchev–Trinajstić information content (AvgIpc) is 2.73. The number of carbonyl (C=O) groups is 2. The minimum atomic E-state index is -4.95. The fourth-order valence-electron chi connectivity index (χ4n) is 1.02. The molecule has 0 bridgehead atoms. The minimum absolute atomic E-state index is 0.330. The molecule has 1 atom stereocenters. The Morgan fingerprint density at radius 1 is 1.56 bits per heavy atom. The van der Waals surface area contributed by atoms with Crippen LogP contribution in [0.3, 0.4) is 0 Å². The van der Waals surface area contributed by atoms with E-state index in [4.69, 9.17) is 5.11 Å². The third kappa shape index (κ3) is 3.43. The van der Waals surface area contributed by atoms with Gasteiger partial charge in [-0.2, -0.15) is 13.2 Å². The van der Waals surface area contributed by atoms with E-state index in [1.165, 1.54) is 6.92 Å². The molecular weight excluding hydrogens is 257 g/mol. The Morgan fingerprint density at radius 3 is 2.61 bits per heavy atom. The van der Waals surface area contributed by atoms with Crippen molar-refractivity contribution in [2.45, 2.75) is 19.1 Å². The molecule has 0 radical (unpaired) electrons. The van der Waals surface area contributed by atoms with Crippen molar-refractivity contribution in [1.29, 1.82) is 0 Å². The number of halogens is 3. The summed E-state index contributed by atoms with van der Waals surface area (Å²) in [6.07, 6.45) is -3.89. The van der Waals surface area contributed by atoms with E-state index in [0.29, 0.717) is 0 Å². The van der Waals surface area contributed by atoms with E-state index in [-0.39, 0.29) is 12.2 Å². The van der Waals surface area contributed by atoms with Crippen molar-refractivity contribution in [3.05, 3.63) is 11.9 Å². The predicted molar refractivity (Wildman–Crippen MR) is 50.8 cm³/mol. The third-order valence-electron chi connectivity index (χ3n) is 2.00. The van der Waals surface area contributed by atoms with Gasteiger partial charge in [-0.25, -0.2) is 9.48 Å². The number of carboxylic acid groups (broad SMARTS) is 1. The van der Waals surface area contributed by atoms with E-state index in [1.807, 2.05) is 0 Å². The van der Waals surface area contributed by atoms with Crippen molar-refractivity contribution in [3.8, 4) is 0 Å². The van der Waals surface area contributed by atoms with E-state index in [2.05, 4.69) is 10.3 Å². The minimum Gasteiger partial charge on any atom is -0.476 e. The van der Waals surface area contributed by atoms with Crippen molar-refractivity contribution in [3.63, 3.8) is 0 Å². The molecule has 0 fully saturated rings. The summed E-state index contributed by atoms with van der Waals surface area (Å²) in [4.78, 5) is 21.0. The standard InChI is InChI=1S/C8H9F3N4O3/c1-4(2-12-7(18)8(9,10)11)15-3-5(6(16)17)13-14-15/h3-4H,2H2,1H3,(H,12,18)(H,16,17)/t4-/m0/s1. The highest BCUT2D eigenvalue weighted by Crippen LogP contribution is 2.14. The molecule has 1 heterocycles. The Hall–Kier alpha value is -2.13. The third-order valence-corrected chi connectivity index (χ3v) is 2.00. The van der Waals surface area contributed by atoms with Crippen LogP contribution in [0.25, 0.3) is 0 Å². The van der Waals surface area contributed by atoms with Gasteiger partial charge in [-0.3, -0.25) is 4.79 Å². The second-order valence-corrected chi connectivity index (χ2v) is 3.45. The van der Waals surface area contributed by atoms with Crippen molar-refractivity contribution in [2.75, 3.05) is 6.54 Å². The van der Waals surface area contributed by atoms with E-state index in [1.54, 1.807) is 5.32 Å². The topological polar surface area (TPSA) is 97.1 Å². The molecule has 0 aromatic carbocycles. The van der Waals surface area contributed by atoms with Crippen molar-refractivity contribution in [2.24, 2.45) is 0 Å². The summed E-state index contributed by atoms with van der Waals surface area (Å²) >= 11 is 0. The number of nitrogens with zero attached hydrogens (tertiary/aromatic N) is 3. The summed E-state index contributed by atoms with van der Waals surface area (Å²) in [5.74, 6) is -3.36. The SMILES string of the molecule is C[C@@H](CNC(=O)C(F)(F)F)n1cc(C(=O)O)nn1. The highest BCUT2D eigenvalue weighted by Gasteiger charge is 2.38. The molecule has 18 heavy (non-hydrogen) atoms. The first kappa shape index (κ1) is 13.9. The van der Waals surface area contributed by atoms with Crippen LogP contribution in [0.15, 0.2) is 6.20 Å². The molecule has 0 aliphatic heterocycles. The van der Waals surface area contributed by atoms with Crippen molar-refractivity contribution >= 4 is 11.9 Å². The Bertz CT molecular complexity index is 457. The second-order valence-electron chi connectivity index (χ2n) is 3.45. The maximum atomic E-state index is 11.9. The molecule has 1 aromatic rings. The van der Waals surface area contributed by atoms with Gasteiger partial charge in [-0.1, -0.05) is 5.21 Å². The van der Waals surface area contributed by atoms with Gasteiger partial charge >= 0.3 is 18.1 Å². The van der Waals surface area contributed by atoms with E-state index >= 15 is 0 Å². The first-order chi connectivity index (χ1) is 8.21. The van der Waals surface area contributed by atoms with Crippen LogP contribution in [0.2, 0.25) is 0 Å². The maximum Gasteiger partial charge on any atom is 0.471 e. The lowest BCUT2D eigenvalue weighted by Crippen LogP contribution is -2.39. The van der Waals surface area contributed by atoms with Crippen LogP contribution in [0.1, 0.15) is 23.5 Å². The van der Waals surface area contributed by atoms with Gasteiger partial charge in [0.05, 0.1) is 12.2 Å². The van der Waals surface area contributed by atoms with Crippen LogP contribution in [0.5, 0.6) is 0 Å². The highest BCUT2D eigenvalue weighted by molar-refractivity contribution is 5.84. The number of amides is 1. The van der Waals surface area contributed by atoms with Gasteiger partial charge in [0.25, 0.3) is 0 Å². The number of carboxylic acids is 1. The number of hydrogen-bond acceptors (Lipinski definition) is 4. The largest absolute Gasteiger partial charge is 0.476 e. The number of carbonyl (C=O) groups excluding carboxylic acids is 1. The van der Waals surface area contributed by atoms with Gasteiger partial charge < -0.3 is 10.4 Å². The van der Waals surface area contributed by atoms with Crippen LogP contribution in [0.4, 0.5) is 13.2 Å². The Labute approximate surface area is 98.6 Å². The zero-order valence-corrected chi connectivity index (χ0v) is 9.10. The smallest absolute Gasteiger partial charge is 0.471 e. The summed E-state index contributed by atoms with van der Waals surface area (Å²) in [5, 5.41) is 17.0. The van der Waals surface area contributed by atoms with Crippen LogP contribution in [-0.2, 0) is 4.79 Å². The van der Waals surface area contributed by atoms with Gasteiger partial charge in [0.2, 0.25) is 0 Å². The van der Waals surface area contributed by atoms with Crippen LogP contribution >= 0.6 is 0 Å². The lowest BCUT2D eigenvalue weighted by molar-refractivity contribution is -0.173. The molecule has 0 aliphatic rings. The Kier molecular flexibility index (Phi) is 3.89. The summed E-state index contributed by atoms with van der Waals surface area (Å²) in [7, 11) is 0. The quantitative estimate of drug-likeness (QED) is 0.812. The second kappa shape index (κ2) is 5.02. The molecule has 0 aliphatic carbocycles. The molecule has 1 amide bonds.